The van der Waals surface area contributed by atoms with Crippen LogP contribution in [0.2, 0.25) is 0 Å². The molecule has 8 nitrogen and oxygen atoms in total. The maximum absolute atomic E-state index is 15.4. The predicted octanol–water partition coefficient (Wildman–Crippen LogP) is 4.95. The number of carbonyl (C=O) groups excluding carboxylic acids is 1. The molecule has 0 spiro atoms. The second-order valence-electron chi connectivity index (χ2n) is 10.1. The van der Waals surface area contributed by atoms with Crippen molar-refractivity contribution in [1.29, 1.82) is 0 Å². The Bertz CT molecular complexity index is 1640. The quantitative estimate of drug-likeness (QED) is 0.249. The summed E-state index contributed by atoms with van der Waals surface area (Å²) in [6.45, 7) is 2.70. The van der Waals surface area contributed by atoms with Crippen molar-refractivity contribution < 1.29 is 41.7 Å². The zero-order valence-corrected chi connectivity index (χ0v) is 23.0. The van der Waals surface area contributed by atoms with Gasteiger partial charge in [-0.3, -0.25) is 4.79 Å². The van der Waals surface area contributed by atoms with Gasteiger partial charge in [0.25, 0.3) is 5.91 Å². The molecule has 3 N–H and O–H groups in total. The highest BCUT2D eigenvalue weighted by atomic mass is 19.4. The van der Waals surface area contributed by atoms with Crippen molar-refractivity contribution in [3.05, 3.63) is 82.7 Å². The molecule has 2 aromatic carbocycles. The van der Waals surface area contributed by atoms with Crippen molar-refractivity contribution in [3.8, 4) is 17.0 Å². The van der Waals surface area contributed by atoms with E-state index < -0.39 is 58.4 Å². The minimum atomic E-state index is -5.42. The zero-order valence-electron chi connectivity index (χ0n) is 23.0. The monoisotopic (exact) mass is 590 g/mol. The largest absolute Gasteiger partial charge is 0.494 e. The predicted molar refractivity (Wildman–Crippen MR) is 143 cm³/mol. The second kappa shape index (κ2) is 11.2. The van der Waals surface area contributed by atoms with Gasteiger partial charge in [0.05, 0.1) is 30.6 Å². The number of ether oxygens (including phenoxy) is 1. The first-order valence-electron chi connectivity index (χ1n) is 12.7. The van der Waals surface area contributed by atoms with Crippen molar-refractivity contribution in [2.45, 2.75) is 44.6 Å². The first kappa shape index (κ1) is 30.7. The number of pyridine rings is 1. The molecule has 2 heterocycles. The molecule has 0 bridgehead atoms. The molecular formula is C29H27F5N4O4. The van der Waals surface area contributed by atoms with E-state index in [1.165, 1.54) is 19.2 Å². The lowest BCUT2D eigenvalue weighted by atomic mass is 9.90. The van der Waals surface area contributed by atoms with E-state index in [-0.39, 0.29) is 16.9 Å². The summed E-state index contributed by atoms with van der Waals surface area (Å²) in [5.41, 5.74) is -7.44. The average molecular weight is 591 g/mol. The van der Waals surface area contributed by atoms with Gasteiger partial charge in [-0.1, -0.05) is 6.92 Å². The van der Waals surface area contributed by atoms with Gasteiger partial charge in [0.1, 0.15) is 22.8 Å². The van der Waals surface area contributed by atoms with E-state index in [4.69, 9.17) is 4.74 Å². The third kappa shape index (κ3) is 5.88. The number of rotatable bonds is 8. The summed E-state index contributed by atoms with van der Waals surface area (Å²) in [6, 6.07) is 8.99. The normalized spacial score (nSPS) is 13.6. The van der Waals surface area contributed by atoms with Crippen LogP contribution < -0.4 is 10.1 Å². The Morgan fingerprint density at radius 2 is 1.67 bits per heavy atom. The number of alkyl halides is 3. The highest BCUT2D eigenvalue weighted by molar-refractivity contribution is 5.99. The van der Waals surface area contributed by atoms with Gasteiger partial charge in [0, 0.05) is 22.1 Å². The van der Waals surface area contributed by atoms with Gasteiger partial charge >= 0.3 is 6.18 Å². The lowest BCUT2D eigenvalue weighted by Crippen LogP contribution is -2.51. The van der Waals surface area contributed by atoms with Gasteiger partial charge in [-0.15, -0.1) is 5.10 Å². The molecule has 0 radical (unpaired) electrons. The van der Waals surface area contributed by atoms with Crippen LogP contribution in [0.15, 0.2) is 48.5 Å². The van der Waals surface area contributed by atoms with E-state index in [1.54, 1.807) is 6.07 Å². The average Bonchev–Trinajstić information content (AvgIpc) is 2.94. The van der Waals surface area contributed by atoms with Gasteiger partial charge in [-0.25, -0.2) is 13.8 Å². The van der Waals surface area contributed by atoms with E-state index in [1.807, 2.05) is 6.92 Å². The van der Waals surface area contributed by atoms with Crippen molar-refractivity contribution >= 4 is 16.8 Å². The van der Waals surface area contributed by atoms with E-state index in [9.17, 15) is 32.6 Å². The number of nitrogens with one attached hydrogen (secondary N) is 1. The lowest BCUT2D eigenvalue weighted by Gasteiger charge is -2.32. The highest BCUT2D eigenvalue weighted by Crippen LogP contribution is 2.41. The third-order valence-corrected chi connectivity index (χ3v) is 6.68. The van der Waals surface area contributed by atoms with Crippen LogP contribution >= 0.6 is 0 Å². The number of amides is 1. The maximum atomic E-state index is 15.4. The molecule has 0 aliphatic carbocycles. The van der Waals surface area contributed by atoms with Gasteiger partial charge in [-0.05, 0) is 68.8 Å². The summed E-state index contributed by atoms with van der Waals surface area (Å²) in [4.78, 5) is 16.8. The summed E-state index contributed by atoms with van der Waals surface area (Å²) in [6.07, 6.45) is -4.88. The Balaban J connectivity index is 1.78. The van der Waals surface area contributed by atoms with E-state index in [0.29, 0.717) is 29.1 Å². The molecule has 1 atom stereocenters. The summed E-state index contributed by atoms with van der Waals surface area (Å²) in [7, 11) is 1.33. The first-order chi connectivity index (χ1) is 19.6. The number of hydrogen-bond acceptors (Lipinski definition) is 7. The molecule has 4 aromatic rings. The fraction of sp³-hybridized carbons (Fsp3) is 0.310. The van der Waals surface area contributed by atoms with Crippen LogP contribution in [0.25, 0.3) is 22.2 Å². The maximum Gasteiger partial charge on any atom is 0.424 e. The van der Waals surface area contributed by atoms with Crippen LogP contribution in [-0.2, 0) is 17.6 Å². The molecule has 42 heavy (non-hydrogen) atoms. The molecule has 0 aliphatic rings. The van der Waals surface area contributed by atoms with Gasteiger partial charge in [0.15, 0.2) is 5.82 Å². The number of carbonyl (C=O) groups is 1. The van der Waals surface area contributed by atoms with E-state index >= 15 is 4.39 Å². The fourth-order valence-electron chi connectivity index (χ4n) is 4.26. The zero-order chi connectivity index (χ0) is 31.0. The summed E-state index contributed by atoms with van der Waals surface area (Å²) in [5, 5.41) is 32.2. The molecular weight excluding hydrogens is 563 g/mol. The van der Waals surface area contributed by atoms with Crippen LogP contribution in [0.3, 0.4) is 0 Å². The van der Waals surface area contributed by atoms with Gasteiger partial charge in [-0.2, -0.15) is 18.3 Å². The molecule has 2 aromatic heterocycles. The van der Waals surface area contributed by atoms with Crippen molar-refractivity contribution in [2.24, 2.45) is 0 Å². The molecule has 4 rings (SSSR count). The van der Waals surface area contributed by atoms with Crippen LogP contribution in [0.1, 0.15) is 48.1 Å². The van der Waals surface area contributed by atoms with Gasteiger partial charge < -0.3 is 20.3 Å². The number of halogens is 5. The third-order valence-electron chi connectivity index (χ3n) is 6.68. The first-order valence-corrected chi connectivity index (χ1v) is 12.7. The van der Waals surface area contributed by atoms with Crippen LogP contribution in [0, 0.1) is 11.6 Å². The standard InChI is InChI=1S/C29H27F5N4O4/c1-5-19-11-16-10-17(12-21(42-4)24(16)38-37-19)26(39)35-14-28(41,29(32,33)34)22-13-20(27(2,3)40)23(31)25(36-22)15-6-8-18(30)9-7-15/h6-13,40-41H,5,14H2,1-4H3,(H,35,39)/t28-/m0/s1. The molecule has 13 heteroatoms. The number of aryl methyl sites for hydroxylation is 1. The minimum Gasteiger partial charge on any atom is -0.494 e. The molecule has 222 valence electrons. The summed E-state index contributed by atoms with van der Waals surface area (Å²) >= 11 is 0. The number of aromatic nitrogens is 3. The lowest BCUT2D eigenvalue weighted by molar-refractivity contribution is -0.265. The molecule has 0 aliphatic heterocycles. The van der Waals surface area contributed by atoms with Gasteiger partial charge in [0.2, 0.25) is 5.60 Å². The van der Waals surface area contributed by atoms with Crippen molar-refractivity contribution in [2.75, 3.05) is 13.7 Å². The molecule has 0 unspecified atom stereocenters. The molecule has 0 saturated carbocycles. The number of fused-ring (bicyclic) bond motifs is 1. The smallest absolute Gasteiger partial charge is 0.424 e. The number of aliphatic hydroxyl groups is 2. The van der Waals surface area contributed by atoms with Crippen LogP contribution in [0.5, 0.6) is 5.75 Å². The fourth-order valence-corrected chi connectivity index (χ4v) is 4.26. The van der Waals surface area contributed by atoms with Crippen LogP contribution in [0.4, 0.5) is 22.0 Å². The van der Waals surface area contributed by atoms with Crippen molar-refractivity contribution in [3.63, 3.8) is 0 Å². The van der Waals surface area contributed by atoms with Crippen molar-refractivity contribution in [1.82, 2.24) is 20.5 Å². The topological polar surface area (TPSA) is 117 Å². The Morgan fingerprint density at radius 1 is 1.00 bits per heavy atom. The Kier molecular flexibility index (Phi) is 8.20. The Labute approximate surface area is 237 Å². The summed E-state index contributed by atoms with van der Waals surface area (Å²) < 4.78 is 77.7. The highest BCUT2D eigenvalue weighted by Gasteiger charge is 2.57. The number of benzene rings is 2. The second-order valence-corrected chi connectivity index (χ2v) is 10.1. The molecule has 0 saturated heterocycles. The van der Waals surface area contributed by atoms with Crippen LogP contribution in [-0.4, -0.2) is 51.1 Å². The number of methoxy groups -OCH3 is 1. The number of hydrogen-bond donors (Lipinski definition) is 3. The Morgan fingerprint density at radius 3 is 2.24 bits per heavy atom. The molecule has 1 amide bonds. The minimum absolute atomic E-state index is 0.0878. The van der Waals surface area contributed by atoms with E-state index in [0.717, 1.165) is 38.1 Å². The summed E-state index contributed by atoms with van der Waals surface area (Å²) in [5.74, 6) is -2.69. The van der Waals surface area contributed by atoms with E-state index in [2.05, 4.69) is 20.5 Å². The Hall–Kier alpha value is -4.23. The molecule has 0 fully saturated rings. The SMILES string of the molecule is CCc1cc2cc(C(=O)NC[C@](O)(c3cc(C(C)(C)O)c(F)c(-c4ccc(F)cc4)n3)C(F)(F)F)cc(OC)c2nn1. The number of nitrogens with zero attached hydrogens (tertiary/aromatic N) is 3.